The largest absolute Gasteiger partial charge is 0.383 e. The molecule has 0 N–H and O–H groups in total. The third-order valence-electron chi connectivity index (χ3n) is 4.74. The molecule has 0 atom stereocenters. The molecule has 0 aliphatic heterocycles. The molecule has 0 spiro atoms. The maximum Gasteiger partial charge on any atom is 0.272 e. The van der Waals surface area contributed by atoms with Gasteiger partial charge in [-0.1, -0.05) is 30.3 Å². The fraction of sp³-hybridized carbons (Fsp3) is 0.318. The van der Waals surface area contributed by atoms with Crippen LogP contribution < -0.4 is 5.56 Å². The van der Waals surface area contributed by atoms with Gasteiger partial charge in [0, 0.05) is 32.3 Å². The Morgan fingerprint density at radius 2 is 1.93 bits per heavy atom. The van der Waals surface area contributed by atoms with Crippen molar-refractivity contribution < 1.29 is 9.53 Å². The molecule has 3 rings (SSSR count). The molecule has 3 aromatic rings. The third-order valence-corrected chi connectivity index (χ3v) is 4.74. The van der Waals surface area contributed by atoms with E-state index in [9.17, 15) is 9.59 Å². The third kappa shape index (κ3) is 4.12. The van der Waals surface area contributed by atoms with E-state index in [0.29, 0.717) is 43.0 Å². The minimum absolute atomic E-state index is 0.0866. The van der Waals surface area contributed by atoms with Crippen molar-refractivity contribution in [2.45, 2.75) is 26.9 Å². The zero-order valence-electron chi connectivity index (χ0n) is 16.5. The average Bonchev–Trinajstić information content (AvgIpc) is 2.72. The Kier molecular flexibility index (Phi) is 6.21. The normalized spacial score (nSPS) is 11.0. The lowest BCUT2D eigenvalue weighted by Gasteiger charge is -2.23. The quantitative estimate of drug-likeness (QED) is 0.633. The SMILES string of the molecule is CCn1c(=O)c(C)nc2cc(C(=O)N(CCOC)Cc3ccccc3)ccc21. The highest BCUT2D eigenvalue weighted by Gasteiger charge is 2.18. The molecule has 0 aliphatic rings. The number of aryl methyl sites for hydroxylation is 2. The molecule has 0 saturated heterocycles. The van der Waals surface area contributed by atoms with Gasteiger partial charge in [-0.15, -0.1) is 0 Å². The molecule has 0 bridgehead atoms. The Hall–Kier alpha value is -2.99. The summed E-state index contributed by atoms with van der Waals surface area (Å²) in [5, 5.41) is 0. The lowest BCUT2D eigenvalue weighted by atomic mass is 10.1. The first-order valence-electron chi connectivity index (χ1n) is 9.38. The van der Waals surface area contributed by atoms with Crippen molar-refractivity contribution in [2.75, 3.05) is 20.3 Å². The smallest absolute Gasteiger partial charge is 0.272 e. The maximum absolute atomic E-state index is 13.2. The molecule has 0 radical (unpaired) electrons. The van der Waals surface area contributed by atoms with Crippen molar-refractivity contribution in [3.05, 3.63) is 75.7 Å². The molecule has 2 aromatic carbocycles. The number of hydrogen-bond donors (Lipinski definition) is 0. The van der Waals surface area contributed by atoms with E-state index in [-0.39, 0.29) is 11.5 Å². The van der Waals surface area contributed by atoms with Crippen LogP contribution in [0.15, 0.2) is 53.3 Å². The molecule has 6 nitrogen and oxygen atoms in total. The second-order valence-corrected chi connectivity index (χ2v) is 6.66. The summed E-state index contributed by atoms with van der Waals surface area (Å²) >= 11 is 0. The van der Waals surface area contributed by atoms with Crippen molar-refractivity contribution in [2.24, 2.45) is 0 Å². The van der Waals surface area contributed by atoms with E-state index < -0.39 is 0 Å². The number of nitrogens with zero attached hydrogens (tertiary/aromatic N) is 3. The first-order chi connectivity index (χ1) is 13.5. The monoisotopic (exact) mass is 379 g/mol. The van der Waals surface area contributed by atoms with Crippen LogP contribution in [0, 0.1) is 6.92 Å². The van der Waals surface area contributed by atoms with Gasteiger partial charge in [-0.25, -0.2) is 4.98 Å². The Morgan fingerprint density at radius 3 is 2.61 bits per heavy atom. The van der Waals surface area contributed by atoms with Crippen molar-refractivity contribution >= 4 is 16.9 Å². The van der Waals surface area contributed by atoms with Crippen molar-refractivity contribution in [3.63, 3.8) is 0 Å². The summed E-state index contributed by atoms with van der Waals surface area (Å²) < 4.78 is 6.86. The number of benzene rings is 2. The summed E-state index contributed by atoms with van der Waals surface area (Å²) in [6.07, 6.45) is 0. The summed E-state index contributed by atoms with van der Waals surface area (Å²) in [7, 11) is 1.62. The highest BCUT2D eigenvalue weighted by Crippen LogP contribution is 2.16. The zero-order valence-corrected chi connectivity index (χ0v) is 16.5. The minimum atomic E-state index is -0.0973. The topological polar surface area (TPSA) is 64.4 Å². The summed E-state index contributed by atoms with van der Waals surface area (Å²) in [6.45, 7) is 5.62. The van der Waals surface area contributed by atoms with Gasteiger partial charge in [0.25, 0.3) is 11.5 Å². The molecule has 6 heteroatoms. The predicted octanol–water partition coefficient (Wildman–Crippen LogP) is 3.01. The number of carbonyl (C=O) groups is 1. The second-order valence-electron chi connectivity index (χ2n) is 6.66. The Bertz CT molecular complexity index is 1030. The molecule has 0 aliphatic carbocycles. The number of amides is 1. The van der Waals surface area contributed by atoms with Crippen LogP contribution in [-0.2, 0) is 17.8 Å². The molecule has 146 valence electrons. The fourth-order valence-electron chi connectivity index (χ4n) is 3.26. The molecule has 1 amide bonds. The van der Waals surface area contributed by atoms with Gasteiger partial charge in [0.1, 0.15) is 5.69 Å². The summed E-state index contributed by atoms with van der Waals surface area (Å²) in [5.74, 6) is -0.0866. The first kappa shape index (κ1) is 19.8. The number of rotatable bonds is 7. The summed E-state index contributed by atoms with van der Waals surface area (Å²) in [6, 6.07) is 15.2. The van der Waals surface area contributed by atoms with E-state index in [4.69, 9.17) is 4.74 Å². The van der Waals surface area contributed by atoms with Crippen LogP contribution in [0.2, 0.25) is 0 Å². The van der Waals surface area contributed by atoms with Gasteiger partial charge in [0.05, 0.1) is 17.6 Å². The minimum Gasteiger partial charge on any atom is -0.383 e. The standard InChI is InChI=1S/C22H25N3O3/c1-4-25-20-11-10-18(14-19(20)23-16(2)21(25)26)22(27)24(12-13-28-3)15-17-8-6-5-7-9-17/h5-11,14H,4,12-13,15H2,1-3H3. The Morgan fingerprint density at radius 1 is 1.18 bits per heavy atom. The van der Waals surface area contributed by atoms with E-state index in [1.165, 1.54) is 0 Å². The van der Waals surface area contributed by atoms with E-state index in [1.807, 2.05) is 37.3 Å². The first-order valence-corrected chi connectivity index (χ1v) is 9.38. The average molecular weight is 379 g/mol. The molecule has 1 aromatic heterocycles. The van der Waals surface area contributed by atoms with E-state index >= 15 is 0 Å². The zero-order chi connectivity index (χ0) is 20.1. The number of methoxy groups -OCH3 is 1. The highest BCUT2D eigenvalue weighted by atomic mass is 16.5. The van der Waals surface area contributed by atoms with Gasteiger partial charge >= 0.3 is 0 Å². The van der Waals surface area contributed by atoms with Crippen LogP contribution in [0.4, 0.5) is 0 Å². The number of ether oxygens (including phenoxy) is 1. The van der Waals surface area contributed by atoms with Crippen LogP contribution >= 0.6 is 0 Å². The Labute approximate surface area is 164 Å². The van der Waals surface area contributed by atoms with E-state index in [0.717, 1.165) is 11.1 Å². The van der Waals surface area contributed by atoms with Crippen LogP contribution in [0.1, 0.15) is 28.5 Å². The number of carbonyl (C=O) groups excluding carboxylic acids is 1. The van der Waals surface area contributed by atoms with E-state index in [2.05, 4.69) is 4.98 Å². The van der Waals surface area contributed by atoms with E-state index in [1.54, 1.807) is 41.7 Å². The molecule has 0 fully saturated rings. The van der Waals surface area contributed by atoms with Crippen molar-refractivity contribution in [1.82, 2.24) is 14.5 Å². The molecule has 0 saturated carbocycles. The van der Waals surface area contributed by atoms with Crippen LogP contribution in [0.5, 0.6) is 0 Å². The van der Waals surface area contributed by atoms with Crippen molar-refractivity contribution in [1.29, 1.82) is 0 Å². The second kappa shape index (κ2) is 8.80. The lowest BCUT2D eigenvalue weighted by Crippen LogP contribution is -2.33. The molecule has 0 unspecified atom stereocenters. The van der Waals surface area contributed by atoms with Crippen LogP contribution in [0.25, 0.3) is 11.0 Å². The Balaban J connectivity index is 1.96. The fourth-order valence-corrected chi connectivity index (χ4v) is 3.26. The highest BCUT2D eigenvalue weighted by molar-refractivity contribution is 5.97. The summed E-state index contributed by atoms with van der Waals surface area (Å²) in [4.78, 5) is 31.6. The lowest BCUT2D eigenvalue weighted by molar-refractivity contribution is 0.0680. The van der Waals surface area contributed by atoms with Gasteiger partial charge in [-0.05, 0) is 37.6 Å². The van der Waals surface area contributed by atoms with Crippen LogP contribution in [-0.4, -0.2) is 40.6 Å². The molecular formula is C22H25N3O3. The number of aromatic nitrogens is 2. The van der Waals surface area contributed by atoms with Gasteiger partial charge in [-0.2, -0.15) is 0 Å². The predicted molar refractivity (Wildman–Crippen MR) is 109 cm³/mol. The number of fused-ring (bicyclic) bond motifs is 1. The van der Waals surface area contributed by atoms with Crippen molar-refractivity contribution in [3.8, 4) is 0 Å². The van der Waals surface area contributed by atoms with Gasteiger partial charge in [0.2, 0.25) is 0 Å². The van der Waals surface area contributed by atoms with Gasteiger partial charge < -0.3 is 14.2 Å². The van der Waals surface area contributed by atoms with Gasteiger partial charge in [-0.3, -0.25) is 9.59 Å². The van der Waals surface area contributed by atoms with Gasteiger partial charge in [0.15, 0.2) is 0 Å². The molecule has 1 heterocycles. The number of hydrogen-bond acceptors (Lipinski definition) is 4. The molecular weight excluding hydrogens is 354 g/mol. The maximum atomic E-state index is 13.2. The molecule has 28 heavy (non-hydrogen) atoms. The van der Waals surface area contributed by atoms with Crippen LogP contribution in [0.3, 0.4) is 0 Å². The summed E-state index contributed by atoms with van der Waals surface area (Å²) in [5.41, 5.74) is 3.32.